The molecule has 0 saturated heterocycles. The first-order chi connectivity index (χ1) is 9.31. The highest BCUT2D eigenvalue weighted by Gasteiger charge is 2.12. The minimum absolute atomic E-state index is 0.0176. The summed E-state index contributed by atoms with van der Waals surface area (Å²) in [5.41, 5.74) is 0.494. The molecule has 0 saturated carbocycles. The molecule has 1 aromatic rings. The molecule has 0 heterocycles. The van der Waals surface area contributed by atoms with Crippen molar-refractivity contribution in [3.8, 4) is 0 Å². The predicted octanol–water partition coefficient (Wildman–Crippen LogP) is -0.547. The number of carbonyl (C=O) groups is 2. The summed E-state index contributed by atoms with van der Waals surface area (Å²) < 4.78 is 26.0. The van der Waals surface area contributed by atoms with Crippen molar-refractivity contribution in [2.24, 2.45) is 0 Å². The molecule has 0 aliphatic carbocycles. The molecule has 0 aliphatic rings. The molecule has 0 unspecified atom stereocenters. The molecule has 0 bridgehead atoms. The molecule has 1 amide bonds. The van der Waals surface area contributed by atoms with Gasteiger partial charge in [0.2, 0.25) is 15.9 Å². The van der Waals surface area contributed by atoms with E-state index in [2.05, 4.69) is 10.0 Å². The largest absolute Gasteiger partial charge is 0.550 e. The van der Waals surface area contributed by atoms with Crippen molar-refractivity contribution >= 4 is 27.6 Å². The molecule has 0 radical (unpaired) electrons. The predicted molar refractivity (Wildman–Crippen MR) is 70.2 cm³/mol. The van der Waals surface area contributed by atoms with E-state index in [1.165, 1.54) is 31.2 Å². The molecule has 0 atom stereocenters. The number of aliphatic carboxylic acids is 1. The Kier molecular flexibility index (Phi) is 5.66. The fourth-order valence-corrected chi connectivity index (χ4v) is 2.52. The fourth-order valence-electron chi connectivity index (χ4n) is 1.44. The van der Waals surface area contributed by atoms with E-state index in [0.29, 0.717) is 5.69 Å². The van der Waals surface area contributed by atoms with Crippen LogP contribution in [-0.2, 0) is 19.6 Å². The van der Waals surface area contributed by atoms with Crippen LogP contribution in [0.4, 0.5) is 5.69 Å². The number of sulfonamides is 1. The van der Waals surface area contributed by atoms with Crippen LogP contribution in [-0.4, -0.2) is 26.8 Å². The summed E-state index contributed by atoms with van der Waals surface area (Å²) in [5.74, 6) is -1.47. The number of nitrogens with one attached hydrogen (secondary N) is 2. The lowest BCUT2D eigenvalue weighted by Crippen LogP contribution is -2.27. The number of hydrogen-bond donors (Lipinski definition) is 2. The molecular formula is C12H15N2O5S-. The van der Waals surface area contributed by atoms with Crippen LogP contribution < -0.4 is 15.1 Å². The molecule has 0 fully saturated rings. The third-order valence-electron chi connectivity index (χ3n) is 2.33. The van der Waals surface area contributed by atoms with Crippen molar-refractivity contribution in [1.82, 2.24) is 4.72 Å². The summed E-state index contributed by atoms with van der Waals surface area (Å²) in [6, 6.07) is 5.65. The molecule has 2 N–H and O–H groups in total. The average Bonchev–Trinajstić information content (AvgIpc) is 2.34. The van der Waals surface area contributed by atoms with Gasteiger partial charge in [0.05, 0.1) is 4.90 Å². The van der Waals surface area contributed by atoms with Gasteiger partial charge in [-0.3, -0.25) is 4.79 Å². The number of anilines is 1. The van der Waals surface area contributed by atoms with Crippen LogP contribution in [0.3, 0.4) is 0 Å². The standard InChI is InChI=1S/C12H16N2O5S/c1-9(15)14-10-4-6-11(7-5-10)20(18,19)13-8-2-3-12(16)17/h4-7,13H,2-3,8H2,1H3,(H,14,15)(H,16,17)/p-1. The topological polar surface area (TPSA) is 115 Å². The van der Waals surface area contributed by atoms with E-state index in [9.17, 15) is 23.1 Å². The first-order valence-corrected chi connectivity index (χ1v) is 7.37. The van der Waals surface area contributed by atoms with Gasteiger partial charge >= 0.3 is 0 Å². The zero-order valence-corrected chi connectivity index (χ0v) is 11.7. The van der Waals surface area contributed by atoms with Crippen LogP contribution in [0.5, 0.6) is 0 Å². The Bertz CT molecular complexity index is 580. The zero-order chi connectivity index (χ0) is 15.2. The fraction of sp³-hybridized carbons (Fsp3) is 0.333. The Morgan fingerprint density at radius 1 is 1.20 bits per heavy atom. The van der Waals surface area contributed by atoms with Crippen molar-refractivity contribution in [2.45, 2.75) is 24.7 Å². The zero-order valence-electron chi connectivity index (χ0n) is 10.9. The Hall–Kier alpha value is -1.93. The molecule has 1 rings (SSSR count). The summed E-state index contributed by atoms with van der Waals surface area (Å²) in [7, 11) is -3.68. The normalized spacial score (nSPS) is 11.1. The highest BCUT2D eigenvalue weighted by molar-refractivity contribution is 7.89. The first-order valence-electron chi connectivity index (χ1n) is 5.88. The minimum Gasteiger partial charge on any atom is -0.550 e. The van der Waals surface area contributed by atoms with Crippen LogP contribution in [0, 0.1) is 0 Å². The van der Waals surface area contributed by atoms with Gasteiger partial charge in [-0.1, -0.05) is 0 Å². The highest BCUT2D eigenvalue weighted by atomic mass is 32.2. The summed E-state index contributed by atoms with van der Waals surface area (Å²) in [4.78, 5) is 21.1. The van der Waals surface area contributed by atoms with Gasteiger partial charge in [-0.15, -0.1) is 0 Å². The molecule has 8 heteroatoms. The minimum atomic E-state index is -3.68. The summed E-state index contributed by atoms with van der Waals surface area (Å²) in [5, 5.41) is 12.7. The van der Waals surface area contributed by atoms with Crippen LogP contribution in [0.15, 0.2) is 29.2 Å². The second-order valence-corrected chi connectivity index (χ2v) is 5.85. The van der Waals surface area contributed by atoms with Gasteiger partial charge in [-0.05, 0) is 37.1 Å². The SMILES string of the molecule is CC(=O)Nc1ccc(S(=O)(=O)NCCCC(=O)[O-])cc1. The first kappa shape index (κ1) is 16.1. The molecule has 0 aromatic heterocycles. The summed E-state index contributed by atoms with van der Waals surface area (Å²) in [6.45, 7) is 1.37. The third-order valence-corrected chi connectivity index (χ3v) is 3.81. The van der Waals surface area contributed by atoms with Crippen LogP contribution in [0.25, 0.3) is 0 Å². The van der Waals surface area contributed by atoms with Gasteiger partial charge in [0.25, 0.3) is 0 Å². The number of carbonyl (C=O) groups excluding carboxylic acids is 2. The third kappa shape index (κ3) is 5.37. The number of carboxylic acids is 1. The average molecular weight is 299 g/mol. The molecule has 110 valence electrons. The van der Waals surface area contributed by atoms with Crippen molar-refractivity contribution in [2.75, 3.05) is 11.9 Å². The van der Waals surface area contributed by atoms with Crippen molar-refractivity contribution in [1.29, 1.82) is 0 Å². The smallest absolute Gasteiger partial charge is 0.240 e. The molecule has 0 spiro atoms. The van der Waals surface area contributed by atoms with Gasteiger partial charge in [-0.2, -0.15) is 0 Å². The van der Waals surface area contributed by atoms with Gasteiger partial charge in [-0.25, -0.2) is 13.1 Å². The van der Waals surface area contributed by atoms with Crippen molar-refractivity contribution < 1.29 is 23.1 Å². The molecular weight excluding hydrogens is 284 g/mol. The van der Waals surface area contributed by atoms with E-state index < -0.39 is 16.0 Å². The maximum atomic E-state index is 11.8. The second kappa shape index (κ2) is 7.01. The maximum Gasteiger partial charge on any atom is 0.240 e. The Labute approximate surface area is 117 Å². The van der Waals surface area contributed by atoms with Crippen LogP contribution >= 0.6 is 0 Å². The van der Waals surface area contributed by atoms with Crippen LogP contribution in [0.1, 0.15) is 19.8 Å². The second-order valence-electron chi connectivity index (χ2n) is 4.08. The Morgan fingerprint density at radius 2 is 1.80 bits per heavy atom. The number of benzene rings is 1. The number of carboxylic acid groups (broad SMARTS) is 1. The lowest BCUT2D eigenvalue weighted by molar-refractivity contribution is -0.305. The lowest BCUT2D eigenvalue weighted by Gasteiger charge is -2.08. The highest BCUT2D eigenvalue weighted by Crippen LogP contribution is 2.13. The Morgan fingerprint density at radius 3 is 2.30 bits per heavy atom. The maximum absolute atomic E-state index is 11.8. The lowest BCUT2D eigenvalue weighted by atomic mass is 10.3. The molecule has 1 aromatic carbocycles. The number of rotatable bonds is 7. The quantitative estimate of drug-likeness (QED) is 0.656. The molecule has 7 nitrogen and oxygen atoms in total. The van der Waals surface area contributed by atoms with E-state index in [0.717, 1.165) is 0 Å². The van der Waals surface area contributed by atoms with Gasteiger partial charge in [0.15, 0.2) is 0 Å². The van der Waals surface area contributed by atoms with Gasteiger partial charge in [0, 0.05) is 25.1 Å². The van der Waals surface area contributed by atoms with Crippen molar-refractivity contribution in [3.05, 3.63) is 24.3 Å². The monoisotopic (exact) mass is 299 g/mol. The number of amides is 1. The van der Waals surface area contributed by atoms with Gasteiger partial charge in [0.1, 0.15) is 0 Å². The van der Waals surface area contributed by atoms with Crippen LogP contribution in [0.2, 0.25) is 0 Å². The van der Waals surface area contributed by atoms with Crippen molar-refractivity contribution in [3.63, 3.8) is 0 Å². The van der Waals surface area contributed by atoms with Gasteiger partial charge < -0.3 is 15.2 Å². The van der Waals surface area contributed by atoms with E-state index in [-0.39, 0.29) is 30.2 Å². The van der Waals surface area contributed by atoms with E-state index in [1.54, 1.807) is 0 Å². The summed E-state index contributed by atoms with van der Waals surface area (Å²) in [6.07, 6.45) is -0.0461. The number of hydrogen-bond acceptors (Lipinski definition) is 5. The molecule has 20 heavy (non-hydrogen) atoms. The summed E-state index contributed by atoms with van der Waals surface area (Å²) >= 11 is 0. The van der Waals surface area contributed by atoms with E-state index in [1.807, 2.05) is 0 Å². The van der Waals surface area contributed by atoms with E-state index >= 15 is 0 Å². The Balaban J connectivity index is 2.63. The molecule has 0 aliphatic heterocycles. The van der Waals surface area contributed by atoms with E-state index in [4.69, 9.17) is 0 Å².